The van der Waals surface area contributed by atoms with Crippen molar-refractivity contribution in [3.63, 3.8) is 0 Å². The first-order chi connectivity index (χ1) is 15.6. The quantitative estimate of drug-likeness (QED) is 0.562. The highest BCUT2D eigenvalue weighted by Crippen LogP contribution is 2.38. The standard InChI is InChI=1S/C24H23BrN4O3/c25-18-8-4-7-16(13-18)21-27-22(32-28-21)17-9-10-19-20(14-17)26-24(31)29(23(19)30)12-11-15-5-2-1-3-6-15/h1-8,13,17,19-20H,9-12,14H2,(H,26,31). The van der Waals surface area contributed by atoms with Gasteiger partial charge in [-0.2, -0.15) is 4.98 Å². The predicted molar refractivity (Wildman–Crippen MR) is 122 cm³/mol. The van der Waals surface area contributed by atoms with Gasteiger partial charge in [-0.15, -0.1) is 0 Å². The average molecular weight is 495 g/mol. The van der Waals surface area contributed by atoms with Crippen molar-refractivity contribution in [2.75, 3.05) is 6.54 Å². The number of fused-ring (bicyclic) bond motifs is 1. The minimum absolute atomic E-state index is 0.0219. The molecule has 3 atom stereocenters. The van der Waals surface area contributed by atoms with Crippen LogP contribution < -0.4 is 5.32 Å². The molecule has 164 valence electrons. The van der Waals surface area contributed by atoms with E-state index in [9.17, 15) is 9.59 Å². The lowest BCUT2D eigenvalue weighted by Gasteiger charge is -2.41. The number of rotatable bonds is 5. The summed E-state index contributed by atoms with van der Waals surface area (Å²) in [5, 5.41) is 7.18. The number of nitrogens with one attached hydrogen (secondary N) is 1. The second kappa shape index (κ2) is 8.86. The third-order valence-electron chi connectivity index (χ3n) is 6.33. The van der Waals surface area contributed by atoms with Crippen molar-refractivity contribution in [3.8, 4) is 11.4 Å². The van der Waals surface area contributed by atoms with Crippen molar-refractivity contribution in [1.29, 1.82) is 0 Å². The fraction of sp³-hybridized carbons (Fsp3) is 0.333. The SMILES string of the molecule is O=C1NC2CC(c3nc(-c4cccc(Br)c4)no3)CCC2C(=O)N1CCc1ccccc1. The molecule has 2 aliphatic rings. The van der Waals surface area contributed by atoms with Crippen LogP contribution in [-0.2, 0) is 11.2 Å². The predicted octanol–water partition coefficient (Wildman–Crippen LogP) is 4.55. The number of urea groups is 1. The molecule has 1 saturated carbocycles. The number of hydrogen-bond acceptors (Lipinski definition) is 5. The van der Waals surface area contributed by atoms with Crippen LogP contribution in [0, 0.1) is 5.92 Å². The molecule has 1 aliphatic carbocycles. The van der Waals surface area contributed by atoms with Crippen LogP contribution in [0.15, 0.2) is 63.6 Å². The van der Waals surface area contributed by atoms with Gasteiger partial charge in [-0.3, -0.25) is 9.69 Å². The number of carbonyl (C=O) groups is 2. The summed E-state index contributed by atoms with van der Waals surface area (Å²) < 4.78 is 6.50. The third kappa shape index (κ3) is 4.19. The normalized spacial score (nSPS) is 23.0. The van der Waals surface area contributed by atoms with Crippen LogP contribution in [0.1, 0.15) is 36.6 Å². The van der Waals surface area contributed by atoms with Crippen LogP contribution in [0.25, 0.3) is 11.4 Å². The summed E-state index contributed by atoms with van der Waals surface area (Å²) in [5.74, 6) is 0.847. The van der Waals surface area contributed by atoms with Gasteiger partial charge in [-0.05, 0) is 43.4 Å². The first kappa shape index (κ1) is 20.9. The summed E-state index contributed by atoms with van der Waals surface area (Å²) in [6.07, 6.45) is 2.73. The summed E-state index contributed by atoms with van der Waals surface area (Å²) in [7, 11) is 0. The molecule has 2 fully saturated rings. The molecular formula is C24H23BrN4O3. The van der Waals surface area contributed by atoms with E-state index in [-0.39, 0.29) is 29.8 Å². The Bertz CT molecular complexity index is 1130. The number of imide groups is 1. The van der Waals surface area contributed by atoms with E-state index in [0.717, 1.165) is 22.0 Å². The maximum absolute atomic E-state index is 13.1. The Hall–Kier alpha value is -3.00. The molecule has 0 bridgehead atoms. The zero-order chi connectivity index (χ0) is 22.1. The van der Waals surface area contributed by atoms with Gasteiger partial charge < -0.3 is 9.84 Å². The van der Waals surface area contributed by atoms with Gasteiger partial charge in [0.05, 0.1) is 5.92 Å². The molecule has 3 aromatic rings. The third-order valence-corrected chi connectivity index (χ3v) is 6.82. The Kier molecular flexibility index (Phi) is 5.78. The van der Waals surface area contributed by atoms with Gasteiger partial charge in [-0.25, -0.2) is 4.79 Å². The average Bonchev–Trinajstić information content (AvgIpc) is 3.30. The molecule has 1 aromatic heterocycles. The molecule has 2 aromatic carbocycles. The molecular weight excluding hydrogens is 472 g/mol. The Labute approximate surface area is 194 Å². The van der Waals surface area contributed by atoms with Crippen LogP contribution in [0.2, 0.25) is 0 Å². The molecule has 2 heterocycles. The fourth-order valence-electron chi connectivity index (χ4n) is 4.63. The van der Waals surface area contributed by atoms with E-state index in [1.54, 1.807) is 0 Å². The Morgan fingerprint density at radius 1 is 1.09 bits per heavy atom. The van der Waals surface area contributed by atoms with Gasteiger partial charge in [0, 0.05) is 28.5 Å². The van der Waals surface area contributed by atoms with E-state index in [0.29, 0.717) is 37.5 Å². The summed E-state index contributed by atoms with van der Waals surface area (Å²) in [4.78, 5) is 31.7. The molecule has 0 spiro atoms. The minimum atomic E-state index is -0.312. The summed E-state index contributed by atoms with van der Waals surface area (Å²) in [5.41, 5.74) is 1.98. The molecule has 3 unspecified atom stereocenters. The van der Waals surface area contributed by atoms with Crippen LogP contribution in [0.3, 0.4) is 0 Å². The van der Waals surface area contributed by atoms with Gasteiger partial charge in [-0.1, -0.05) is 63.6 Å². The lowest BCUT2D eigenvalue weighted by Crippen LogP contribution is -2.61. The highest BCUT2D eigenvalue weighted by atomic mass is 79.9. The van der Waals surface area contributed by atoms with Gasteiger partial charge in [0.25, 0.3) is 0 Å². The van der Waals surface area contributed by atoms with Crippen molar-refractivity contribution in [2.24, 2.45) is 5.92 Å². The number of halogens is 1. The van der Waals surface area contributed by atoms with Crippen molar-refractivity contribution < 1.29 is 14.1 Å². The molecule has 1 N–H and O–H groups in total. The highest BCUT2D eigenvalue weighted by Gasteiger charge is 2.45. The lowest BCUT2D eigenvalue weighted by molar-refractivity contribution is -0.136. The van der Waals surface area contributed by atoms with Gasteiger partial charge in [0.2, 0.25) is 17.6 Å². The highest BCUT2D eigenvalue weighted by molar-refractivity contribution is 9.10. The second-order valence-electron chi connectivity index (χ2n) is 8.36. The molecule has 1 aliphatic heterocycles. The number of carbonyl (C=O) groups excluding carboxylic acids is 2. The monoisotopic (exact) mass is 494 g/mol. The van der Waals surface area contributed by atoms with Crippen LogP contribution in [0.5, 0.6) is 0 Å². The molecule has 8 heteroatoms. The van der Waals surface area contributed by atoms with E-state index in [4.69, 9.17) is 4.52 Å². The lowest BCUT2D eigenvalue weighted by atomic mass is 9.76. The van der Waals surface area contributed by atoms with Gasteiger partial charge >= 0.3 is 6.03 Å². The molecule has 0 radical (unpaired) electrons. The van der Waals surface area contributed by atoms with Gasteiger partial charge in [0.15, 0.2) is 0 Å². The number of hydrogen-bond donors (Lipinski definition) is 1. The van der Waals surface area contributed by atoms with Crippen molar-refractivity contribution in [3.05, 3.63) is 70.5 Å². The smallest absolute Gasteiger partial charge is 0.324 e. The molecule has 32 heavy (non-hydrogen) atoms. The van der Waals surface area contributed by atoms with E-state index >= 15 is 0 Å². The maximum Gasteiger partial charge on any atom is 0.324 e. The number of benzene rings is 2. The number of aromatic nitrogens is 2. The number of nitrogens with zero attached hydrogens (tertiary/aromatic N) is 3. The molecule has 7 nitrogen and oxygen atoms in total. The summed E-state index contributed by atoms with van der Waals surface area (Å²) in [6.45, 7) is 0.390. The van der Waals surface area contributed by atoms with E-state index in [1.165, 1.54) is 4.90 Å². The van der Waals surface area contributed by atoms with E-state index in [1.807, 2.05) is 54.6 Å². The largest absolute Gasteiger partial charge is 0.339 e. The Morgan fingerprint density at radius 2 is 1.94 bits per heavy atom. The second-order valence-corrected chi connectivity index (χ2v) is 9.28. The summed E-state index contributed by atoms with van der Waals surface area (Å²) in [6, 6.07) is 17.1. The minimum Gasteiger partial charge on any atom is -0.339 e. The topological polar surface area (TPSA) is 88.3 Å². The molecule has 5 rings (SSSR count). The molecule has 3 amide bonds. The first-order valence-corrected chi connectivity index (χ1v) is 11.6. The molecule has 1 saturated heterocycles. The zero-order valence-electron chi connectivity index (χ0n) is 17.4. The Balaban J connectivity index is 1.25. The van der Waals surface area contributed by atoms with Crippen molar-refractivity contribution >= 4 is 27.9 Å². The van der Waals surface area contributed by atoms with Crippen molar-refractivity contribution in [2.45, 2.75) is 37.6 Å². The Morgan fingerprint density at radius 3 is 2.75 bits per heavy atom. The van der Waals surface area contributed by atoms with Crippen molar-refractivity contribution in [1.82, 2.24) is 20.4 Å². The van der Waals surface area contributed by atoms with Crippen LogP contribution in [0.4, 0.5) is 4.79 Å². The first-order valence-electron chi connectivity index (χ1n) is 10.8. The van der Waals surface area contributed by atoms with E-state index in [2.05, 4.69) is 31.4 Å². The zero-order valence-corrected chi connectivity index (χ0v) is 19.0. The van der Waals surface area contributed by atoms with Crippen LogP contribution >= 0.6 is 15.9 Å². The number of amides is 3. The van der Waals surface area contributed by atoms with E-state index < -0.39 is 0 Å². The van der Waals surface area contributed by atoms with Crippen LogP contribution in [-0.4, -0.2) is 39.6 Å². The fourth-order valence-corrected chi connectivity index (χ4v) is 5.03. The maximum atomic E-state index is 13.1. The van der Waals surface area contributed by atoms with Gasteiger partial charge in [0.1, 0.15) is 0 Å². The summed E-state index contributed by atoms with van der Waals surface area (Å²) >= 11 is 3.46.